The van der Waals surface area contributed by atoms with Crippen LogP contribution < -0.4 is 0 Å². The van der Waals surface area contributed by atoms with Gasteiger partial charge in [-0.3, -0.25) is 4.79 Å². The number of thiophene rings is 1. The number of aromatic nitrogens is 2. The van der Waals surface area contributed by atoms with Crippen molar-refractivity contribution in [1.82, 2.24) is 14.5 Å². The summed E-state index contributed by atoms with van der Waals surface area (Å²) in [6.45, 7) is 6.84. The third-order valence-corrected chi connectivity index (χ3v) is 4.93. The molecule has 0 aliphatic carbocycles. The van der Waals surface area contributed by atoms with Gasteiger partial charge >= 0.3 is 0 Å². The molecule has 1 aliphatic rings. The van der Waals surface area contributed by atoms with E-state index in [2.05, 4.69) is 16.5 Å². The topological polar surface area (TPSA) is 47.4 Å². The minimum atomic E-state index is 0.0107. The second-order valence-corrected chi connectivity index (χ2v) is 6.45. The lowest BCUT2D eigenvalue weighted by Crippen LogP contribution is -2.42. The Kier molecular flexibility index (Phi) is 4.59. The van der Waals surface area contributed by atoms with Gasteiger partial charge in [-0.25, -0.2) is 4.98 Å². The number of hydrogen-bond donors (Lipinski definition) is 0. The highest BCUT2D eigenvalue weighted by molar-refractivity contribution is 7.10. The number of carbonyl (C=O) groups excluding carboxylic acids is 1. The van der Waals surface area contributed by atoms with Crippen LogP contribution in [0.2, 0.25) is 0 Å². The van der Waals surface area contributed by atoms with E-state index in [0.717, 1.165) is 29.5 Å². The predicted octanol–water partition coefficient (Wildman–Crippen LogP) is 2.63. The number of rotatable bonds is 5. The van der Waals surface area contributed by atoms with E-state index in [1.54, 1.807) is 11.3 Å². The molecule has 0 N–H and O–H groups in total. The molecule has 6 heteroatoms. The Morgan fingerprint density at radius 3 is 3.09 bits per heavy atom. The van der Waals surface area contributed by atoms with Crippen LogP contribution in [0.4, 0.5) is 0 Å². The summed E-state index contributed by atoms with van der Waals surface area (Å²) in [5.74, 6) is 1.14. The minimum Gasteiger partial charge on any atom is -0.375 e. The van der Waals surface area contributed by atoms with Gasteiger partial charge < -0.3 is 14.2 Å². The van der Waals surface area contributed by atoms with Crippen LogP contribution in [-0.2, 0) is 29.1 Å². The summed E-state index contributed by atoms with van der Waals surface area (Å²) in [5, 5.41) is 2.01. The second-order valence-electron chi connectivity index (χ2n) is 5.42. The van der Waals surface area contributed by atoms with Gasteiger partial charge in [0.2, 0.25) is 5.91 Å². The van der Waals surface area contributed by atoms with Crippen LogP contribution in [0.1, 0.15) is 36.3 Å². The molecular formula is C16H21N3O2S. The predicted molar refractivity (Wildman–Crippen MR) is 85.7 cm³/mol. The number of ether oxygens (including phenoxy) is 1. The van der Waals surface area contributed by atoms with E-state index in [9.17, 15) is 4.79 Å². The van der Waals surface area contributed by atoms with Gasteiger partial charge in [-0.1, -0.05) is 6.07 Å². The Balaban J connectivity index is 1.72. The van der Waals surface area contributed by atoms with Crippen LogP contribution in [0.5, 0.6) is 0 Å². The van der Waals surface area contributed by atoms with Crippen molar-refractivity contribution in [3.8, 4) is 0 Å². The van der Waals surface area contributed by atoms with E-state index in [1.807, 2.05) is 35.5 Å². The second kappa shape index (κ2) is 6.62. The Hall–Kier alpha value is -1.66. The third kappa shape index (κ3) is 2.94. The van der Waals surface area contributed by atoms with Crippen LogP contribution in [-0.4, -0.2) is 33.5 Å². The fourth-order valence-electron chi connectivity index (χ4n) is 2.89. The van der Waals surface area contributed by atoms with Gasteiger partial charge in [0.05, 0.1) is 31.0 Å². The summed E-state index contributed by atoms with van der Waals surface area (Å²) < 4.78 is 7.67. The number of nitrogens with zero attached hydrogens (tertiary/aromatic N) is 3. The lowest BCUT2D eigenvalue weighted by Gasteiger charge is -2.34. The van der Waals surface area contributed by atoms with Gasteiger partial charge in [0.15, 0.2) is 0 Å². The number of amides is 1. The van der Waals surface area contributed by atoms with E-state index >= 15 is 0 Å². The number of hydrogen-bond acceptors (Lipinski definition) is 4. The molecule has 2 aromatic rings. The van der Waals surface area contributed by atoms with Gasteiger partial charge in [-0.2, -0.15) is 0 Å². The Morgan fingerprint density at radius 2 is 2.36 bits per heavy atom. The Bertz CT molecular complexity index is 636. The van der Waals surface area contributed by atoms with Crippen molar-refractivity contribution in [2.75, 3.05) is 13.2 Å². The maximum Gasteiger partial charge on any atom is 0.228 e. The van der Waals surface area contributed by atoms with E-state index < -0.39 is 0 Å². The molecule has 5 nitrogen and oxygen atoms in total. The maximum atomic E-state index is 12.5. The van der Waals surface area contributed by atoms with Crippen molar-refractivity contribution in [3.05, 3.63) is 40.1 Å². The summed E-state index contributed by atoms with van der Waals surface area (Å²) >= 11 is 1.63. The van der Waals surface area contributed by atoms with Crippen LogP contribution in [0.3, 0.4) is 0 Å². The lowest BCUT2D eigenvalue weighted by molar-refractivity contribution is -0.133. The molecule has 1 amide bonds. The van der Waals surface area contributed by atoms with Crippen LogP contribution in [0.15, 0.2) is 23.7 Å². The zero-order valence-corrected chi connectivity index (χ0v) is 13.8. The van der Waals surface area contributed by atoms with Crippen molar-refractivity contribution in [2.45, 2.75) is 39.5 Å². The molecule has 0 saturated heterocycles. The highest BCUT2D eigenvalue weighted by atomic mass is 32.1. The summed E-state index contributed by atoms with van der Waals surface area (Å²) in [6.07, 6.45) is 2.35. The van der Waals surface area contributed by atoms with Gasteiger partial charge in [0, 0.05) is 24.6 Å². The van der Waals surface area contributed by atoms with Gasteiger partial charge in [-0.05, 0) is 25.3 Å². The maximum absolute atomic E-state index is 12.5. The molecular weight excluding hydrogens is 298 g/mol. The minimum absolute atomic E-state index is 0.0107. The van der Waals surface area contributed by atoms with E-state index in [4.69, 9.17) is 4.74 Å². The van der Waals surface area contributed by atoms with Crippen molar-refractivity contribution in [1.29, 1.82) is 0 Å². The average Bonchev–Trinajstić information content (AvgIpc) is 3.15. The highest BCUT2D eigenvalue weighted by Gasteiger charge is 2.30. The molecule has 0 bridgehead atoms. The zero-order chi connectivity index (χ0) is 15.5. The monoisotopic (exact) mass is 319 g/mol. The summed E-state index contributed by atoms with van der Waals surface area (Å²) in [4.78, 5) is 20.1. The van der Waals surface area contributed by atoms with Crippen LogP contribution >= 0.6 is 11.3 Å². The molecule has 3 heterocycles. The molecule has 0 unspecified atom stereocenters. The van der Waals surface area contributed by atoms with Crippen molar-refractivity contribution in [3.63, 3.8) is 0 Å². The molecule has 2 aromatic heterocycles. The molecule has 0 radical (unpaired) electrons. The highest BCUT2D eigenvalue weighted by Crippen LogP contribution is 2.26. The summed E-state index contributed by atoms with van der Waals surface area (Å²) in [5.41, 5.74) is 1.09. The van der Waals surface area contributed by atoms with Crippen molar-refractivity contribution < 1.29 is 9.53 Å². The van der Waals surface area contributed by atoms with Crippen LogP contribution in [0.25, 0.3) is 0 Å². The van der Waals surface area contributed by atoms with Crippen molar-refractivity contribution >= 4 is 17.2 Å². The lowest BCUT2D eigenvalue weighted by atomic mass is 10.2. The van der Waals surface area contributed by atoms with Crippen molar-refractivity contribution in [2.24, 2.45) is 0 Å². The Labute approximate surface area is 134 Å². The average molecular weight is 319 g/mol. The van der Waals surface area contributed by atoms with E-state index in [-0.39, 0.29) is 11.9 Å². The smallest absolute Gasteiger partial charge is 0.228 e. The molecule has 118 valence electrons. The molecule has 0 aromatic carbocycles. The normalized spacial score (nSPS) is 17.5. The number of carbonyl (C=O) groups is 1. The van der Waals surface area contributed by atoms with Gasteiger partial charge in [0.1, 0.15) is 5.82 Å². The molecule has 0 spiro atoms. The standard InChI is InChI=1S/C16H21N3O2S/c1-3-21-11-13-10-17-16-12(2)18(6-7-19(13)16)15(20)9-14-5-4-8-22-14/h4-5,8,10,12H,3,6-7,9,11H2,1-2H3/t12-/m0/s1. The summed E-state index contributed by atoms with van der Waals surface area (Å²) in [7, 11) is 0. The first-order valence-corrected chi connectivity index (χ1v) is 8.52. The quantitative estimate of drug-likeness (QED) is 0.851. The molecule has 3 rings (SSSR count). The van der Waals surface area contributed by atoms with E-state index in [1.165, 1.54) is 0 Å². The number of imidazole rings is 1. The van der Waals surface area contributed by atoms with Gasteiger partial charge in [-0.15, -0.1) is 11.3 Å². The molecule has 22 heavy (non-hydrogen) atoms. The first-order valence-electron chi connectivity index (χ1n) is 7.64. The third-order valence-electron chi connectivity index (χ3n) is 4.05. The largest absolute Gasteiger partial charge is 0.375 e. The Morgan fingerprint density at radius 1 is 1.50 bits per heavy atom. The van der Waals surface area contributed by atoms with Gasteiger partial charge in [0.25, 0.3) is 0 Å². The molecule has 1 aliphatic heterocycles. The first kappa shape index (κ1) is 15.2. The summed E-state index contributed by atoms with van der Waals surface area (Å²) in [6, 6.07) is 4.01. The fourth-order valence-corrected chi connectivity index (χ4v) is 3.58. The fraction of sp³-hybridized carbons (Fsp3) is 0.500. The molecule has 0 saturated carbocycles. The van der Waals surface area contributed by atoms with E-state index in [0.29, 0.717) is 19.6 Å². The first-order chi connectivity index (χ1) is 10.7. The number of fused-ring (bicyclic) bond motifs is 1. The SMILES string of the molecule is CCOCc1cnc2n1CCN(C(=O)Cc1cccs1)[C@H]2C. The van der Waals surface area contributed by atoms with Crippen LogP contribution in [0, 0.1) is 0 Å². The molecule has 1 atom stereocenters. The zero-order valence-electron chi connectivity index (χ0n) is 13.0. The molecule has 0 fully saturated rings.